The van der Waals surface area contributed by atoms with Crippen molar-refractivity contribution in [2.24, 2.45) is 17.8 Å². The fraction of sp³-hybridized carbons (Fsp3) is 0.458. The number of rotatable bonds is 8. The Bertz CT molecular complexity index is 971. The number of hydrogen-bond acceptors (Lipinski definition) is 2. The Kier molecular flexibility index (Phi) is 5.95. The monoisotopic (exact) mass is 452 g/mol. The van der Waals surface area contributed by atoms with Crippen LogP contribution in [-0.4, -0.2) is 17.7 Å². The van der Waals surface area contributed by atoms with Crippen LogP contribution in [0.25, 0.3) is 0 Å². The lowest BCUT2D eigenvalue weighted by Crippen LogP contribution is -2.20. The van der Waals surface area contributed by atoms with Gasteiger partial charge in [0.1, 0.15) is 5.75 Å². The largest absolute Gasteiger partial charge is 0.493 e. The molecule has 0 saturated heterocycles. The smallest absolute Gasteiger partial charge is 0.417 e. The van der Waals surface area contributed by atoms with Crippen LogP contribution in [0, 0.1) is 17.8 Å². The van der Waals surface area contributed by atoms with Gasteiger partial charge >= 0.3 is 12.1 Å². The van der Waals surface area contributed by atoms with Gasteiger partial charge in [-0.2, -0.15) is 13.2 Å². The van der Waals surface area contributed by atoms with Crippen molar-refractivity contribution in [3.05, 3.63) is 64.2 Å². The van der Waals surface area contributed by atoms with Crippen LogP contribution < -0.4 is 4.74 Å². The summed E-state index contributed by atoms with van der Waals surface area (Å²) in [5.41, 5.74) is 0.794. The normalized spacial score (nSPS) is 22.6. The molecule has 0 amide bonds. The van der Waals surface area contributed by atoms with Crippen molar-refractivity contribution in [2.75, 3.05) is 6.61 Å². The van der Waals surface area contributed by atoms with Crippen molar-refractivity contribution in [3.8, 4) is 5.75 Å². The Morgan fingerprint density at radius 1 is 1.23 bits per heavy atom. The van der Waals surface area contributed by atoms with Gasteiger partial charge in [-0.25, -0.2) is 0 Å². The second-order valence-electron chi connectivity index (χ2n) is 8.71. The lowest BCUT2D eigenvalue weighted by Gasteiger charge is -2.21. The zero-order valence-corrected chi connectivity index (χ0v) is 17.8. The van der Waals surface area contributed by atoms with Gasteiger partial charge in [0.2, 0.25) is 0 Å². The molecule has 0 radical (unpaired) electrons. The van der Waals surface area contributed by atoms with Crippen molar-refractivity contribution in [3.63, 3.8) is 0 Å². The number of carboxylic acids is 1. The molecule has 3 nitrogen and oxygen atoms in total. The summed E-state index contributed by atoms with van der Waals surface area (Å²) in [5.74, 6) is -0.0886. The maximum Gasteiger partial charge on any atom is 0.417 e. The summed E-state index contributed by atoms with van der Waals surface area (Å²) in [5, 5.41) is 9.17. The molecule has 0 unspecified atom stereocenters. The number of hydrogen-bond donors (Lipinski definition) is 1. The van der Waals surface area contributed by atoms with Gasteiger partial charge in [-0.15, -0.1) is 0 Å². The molecule has 1 N–H and O–H groups in total. The zero-order valence-electron chi connectivity index (χ0n) is 17.0. The summed E-state index contributed by atoms with van der Waals surface area (Å²) in [6, 6.07) is 11.7. The van der Waals surface area contributed by atoms with Crippen molar-refractivity contribution in [1.82, 2.24) is 0 Å². The highest BCUT2D eigenvalue weighted by Gasteiger charge is 2.41. The number of alkyl halides is 3. The minimum Gasteiger partial charge on any atom is -0.493 e. The molecule has 0 bridgehead atoms. The molecular formula is C24H24ClF3O3. The topological polar surface area (TPSA) is 46.5 Å². The van der Waals surface area contributed by atoms with E-state index in [1.54, 1.807) is 13.0 Å². The standard InChI is InChI=1S/C24H24ClF3O3/c1-13(23(29)30)22(14-5-6-14)16-3-2-4-18(9-16)31-12-17-10-19(17)15-7-8-21(25)20(11-15)24(26,27)28/h2-4,7-9,11,13-14,17,19,22H,5-6,10,12H2,1H3,(H,29,30)/t13-,17+,19+,22-/m0/s1. The van der Waals surface area contributed by atoms with Crippen molar-refractivity contribution < 1.29 is 27.8 Å². The van der Waals surface area contributed by atoms with E-state index in [-0.39, 0.29) is 22.8 Å². The fourth-order valence-corrected chi connectivity index (χ4v) is 4.65. The Morgan fingerprint density at radius 3 is 2.61 bits per heavy atom. The highest BCUT2D eigenvalue weighted by Crippen LogP contribution is 2.50. The minimum atomic E-state index is -4.47. The van der Waals surface area contributed by atoms with Gasteiger partial charge in [0.25, 0.3) is 0 Å². The third-order valence-corrected chi connectivity index (χ3v) is 6.74. The molecule has 2 aliphatic carbocycles. The average Bonchev–Trinajstić information content (AvgIpc) is 3.62. The van der Waals surface area contributed by atoms with Gasteiger partial charge in [-0.05, 0) is 72.4 Å². The first-order chi connectivity index (χ1) is 14.6. The summed E-state index contributed by atoms with van der Waals surface area (Å²) in [4.78, 5) is 11.5. The molecule has 0 spiro atoms. The maximum absolute atomic E-state index is 13.1. The van der Waals surface area contributed by atoms with Gasteiger partial charge in [0, 0.05) is 5.92 Å². The first-order valence-electron chi connectivity index (χ1n) is 10.5. The molecule has 0 aromatic heterocycles. The molecule has 0 aliphatic heterocycles. The number of ether oxygens (including phenoxy) is 1. The highest BCUT2D eigenvalue weighted by atomic mass is 35.5. The summed E-state index contributed by atoms with van der Waals surface area (Å²) >= 11 is 5.71. The number of halogens is 4. The van der Waals surface area contributed by atoms with E-state index in [0.717, 1.165) is 30.9 Å². The van der Waals surface area contributed by atoms with E-state index in [2.05, 4.69) is 0 Å². The van der Waals surface area contributed by atoms with Crippen LogP contribution in [0.2, 0.25) is 5.02 Å². The molecular weight excluding hydrogens is 429 g/mol. The van der Waals surface area contributed by atoms with Crippen LogP contribution in [0.4, 0.5) is 13.2 Å². The van der Waals surface area contributed by atoms with Gasteiger partial charge in [0.15, 0.2) is 0 Å². The summed E-state index contributed by atoms with van der Waals surface area (Å²) < 4.78 is 45.3. The molecule has 4 atom stereocenters. The van der Waals surface area contributed by atoms with Gasteiger partial charge in [-0.1, -0.05) is 36.7 Å². The molecule has 4 rings (SSSR count). The minimum absolute atomic E-state index is 0.0211. The molecule has 31 heavy (non-hydrogen) atoms. The third kappa shape index (κ3) is 5.00. The van der Waals surface area contributed by atoms with Crippen LogP contribution in [0.5, 0.6) is 5.75 Å². The first kappa shape index (κ1) is 22.0. The number of carbonyl (C=O) groups is 1. The predicted octanol–water partition coefficient (Wildman–Crippen LogP) is 6.76. The Hall–Kier alpha value is -2.21. The maximum atomic E-state index is 13.1. The third-order valence-electron chi connectivity index (χ3n) is 6.41. The molecule has 0 heterocycles. The summed E-state index contributed by atoms with van der Waals surface area (Å²) in [6.07, 6.45) is -1.63. The number of carboxylic acid groups (broad SMARTS) is 1. The Morgan fingerprint density at radius 2 is 1.97 bits per heavy atom. The number of benzene rings is 2. The van der Waals surface area contributed by atoms with Crippen LogP contribution in [0.15, 0.2) is 42.5 Å². The van der Waals surface area contributed by atoms with Crippen molar-refractivity contribution in [1.29, 1.82) is 0 Å². The van der Waals surface area contributed by atoms with E-state index >= 15 is 0 Å². The van der Waals surface area contributed by atoms with Gasteiger partial charge in [-0.3, -0.25) is 4.79 Å². The van der Waals surface area contributed by atoms with Crippen LogP contribution >= 0.6 is 11.6 Å². The van der Waals surface area contributed by atoms with E-state index in [1.165, 1.54) is 6.07 Å². The molecule has 2 saturated carbocycles. The summed E-state index contributed by atoms with van der Waals surface area (Å²) in [7, 11) is 0. The molecule has 7 heteroatoms. The SMILES string of the molecule is C[C@H](C(=O)O)[C@H](c1cccc(OC[C@H]2C[C@@H]2c2ccc(Cl)c(C(F)(F)F)c2)c1)C1CC1. The quantitative estimate of drug-likeness (QED) is 0.481. The Labute approximate surface area is 184 Å². The predicted molar refractivity (Wildman–Crippen MR) is 112 cm³/mol. The molecule has 166 valence electrons. The van der Waals surface area contributed by atoms with Crippen molar-refractivity contribution >= 4 is 17.6 Å². The Balaban J connectivity index is 1.40. The van der Waals surface area contributed by atoms with E-state index in [0.29, 0.717) is 23.8 Å². The van der Waals surface area contributed by atoms with E-state index in [4.69, 9.17) is 16.3 Å². The van der Waals surface area contributed by atoms with E-state index < -0.39 is 23.6 Å². The molecule has 2 aromatic rings. The molecule has 2 aromatic carbocycles. The second-order valence-corrected chi connectivity index (χ2v) is 9.12. The van der Waals surface area contributed by atoms with Crippen molar-refractivity contribution in [2.45, 2.75) is 44.2 Å². The van der Waals surface area contributed by atoms with E-state index in [1.807, 2.05) is 24.3 Å². The highest BCUT2D eigenvalue weighted by molar-refractivity contribution is 6.31. The average molecular weight is 453 g/mol. The van der Waals surface area contributed by atoms with Gasteiger partial charge in [0.05, 0.1) is 23.1 Å². The van der Waals surface area contributed by atoms with E-state index in [9.17, 15) is 23.1 Å². The van der Waals surface area contributed by atoms with Gasteiger partial charge < -0.3 is 9.84 Å². The van der Waals surface area contributed by atoms with Crippen LogP contribution in [0.1, 0.15) is 54.7 Å². The zero-order chi connectivity index (χ0) is 22.3. The summed E-state index contributed by atoms with van der Waals surface area (Å²) in [6.45, 7) is 2.15. The van der Waals surface area contributed by atoms with Crippen LogP contribution in [-0.2, 0) is 11.0 Å². The first-order valence-corrected chi connectivity index (χ1v) is 10.8. The lowest BCUT2D eigenvalue weighted by atomic mass is 9.83. The van der Waals surface area contributed by atoms with Crippen LogP contribution in [0.3, 0.4) is 0 Å². The lowest BCUT2D eigenvalue weighted by molar-refractivity contribution is -0.142. The molecule has 2 aliphatic rings. The fourth-order valence-electron chi connectivity index (χ4n) is 4.42. The molecule has 2 fully saturated rings. The number of aliphatic carboxylic acids is 1. The second kappa shape index (κ2) is 8.38.